The fourth-order valence-electron chi connectivity index (χ4n) is 4.60. The number of hydrogen-bond donors (Lipinski definition) is 2. The molecule has 1 aliphatic rings. The molecule has 1 aromatic heterocycles. The van der Waals surface area contributed by atoms with Gasteiger partial charge in [-0.2, -0.15) is 0 Å². The molecule has 0 bridgehead atoms. The molecule has 0 radical (unpaired) electrons. The number of guanidine groups is 1. The zero-order valence-corrected chi connectivity index (χ0v) is 19.8. The maximum Gasteiger partial charge on any atom is 0.264 e. The van der Waals surface area contributed by atoms with E-state index in [1.54, 1.807) is 42.5 Å². The number of benzene rings is 3. The van der Waals surface area contributed by atoms with E-state index >= 15 is 0 Å². The molecule has 180 valence electrons. The summed E-state index contributed by atoms with van der Waals surface area (Å²) in [4.78, 5) is 30.0. The standard InChI is InChI=1S/C29H26N4O3/c1-32(20-25-16-9-17-36-25)26(34)22-11-8-10-21(18-22)19-33-27(35)29(31-28(33)30,23-12-4-2-5-13-23)24-14-6-3-7-15-24/h2-18H,19-20H2,1H3,(H2,30,31). The van der Waals surface area contributed by atoms with Crippen LogP contribution in [-0.4, -0.2) is 34.6 Å². The topological polar surface area (TPSA) is 89.6 Å². The Hall–Kier alpha value is -4.65. The summed E-state index contributed by atoms with van der Waals surface area (Å²) in [7, 11) is 1.72. The first-order valence-electron chi connectivity index (χ1n) is 11.7. The van der Waals surface area contributed by atoms with Gasteiger partial charge in [0.1, 0.15) is 5.76 Å². The molecule has 5 rings (SSSR count). The van der Waals surface area contributed by atoms with Crippen LogP contribution in [0.1, 0.15) is 32.8 Å². The van der Waals surface area contributed by atoms with E-state index in [9.17, 15) is 9.59 Å². The molecule has 0 unspecified atom stereocenters. The number of amides is 2. The van der Waals surface area contributed by atoms with E-state index < -0.39 is 5.54 Å². The lowest BCUT2D eigenvalue weighted by atomic mass is 9.82. The molecule has 3 aromatic carbocycles. The van der Waals surface area contributed by atoms with Crippen molar-refractivity contribution in [3.8, 4) is 0 Å². The van der Waals surface area contributed by atoms with Crippen molar-refractivity contribution in [2.45, 2.75) is 18.6 Å². The SMILES string of the molecule is CN(Cc1ccco1)C(=O)c1cccc(CN2C(=N)NC(c3ccccc3)(c3ccccc3)C2=O)c1. The van der Waals surface area contributed by atoms with Gasteiger partial charge in [0.15, 0.2) is 11.5 Å². The lowest BCUT2D eigenvalue weighted by Gasteiger charge is -2.28. The zero-order valence-electron chi connectivity index (χ0n) is 19.8. The van der Waals surface area contributed by atoms with Crippen LogP contribution in [0.2, 0.25) is 0 Å². The summed E-state index contributed by atoms with van der Waals surface area (Å²) in [5, 5.41) is 11.8. The Morgan fingerprint density at radius 1 is 0.944 bits per heavy atom. The van der Waals surface area contributed by atoms with Crippen molar-refractivity contribution in [1.82, 2.24) is 15.1 Å². The molecule has 4 aromatic rings. The average Bonchev–Trinajstić information content (AvgIpc) is 3.52. The van der Waals surface area contributed by atoms with Gasteiger partial charge in [0.05, 0.1) is 19.4 Å². The number of carbonyl (C=O) groups excluding carboxylic acids is 2. The average molecular weight is 479 g/mol. The summed E-state index contributed by atoms with van der Waals surface area (Å²) in [6.07, 6.45) is 1.58. The normalized spacial score (nSPS) is 14.5. The van der Waals surface area contributed by atoms with E-state index in [0.29, 0.717) is 17.9 Å². The highest BCUT2D eigenvalue weighted by molar-refractivity contribution is 6.10. The van der Waals surface area contributed by atoms with Gasteiger partial charge in [-0.1, -0.05) is 72.8 Å². The monoisotopic (exact) mass is 478 g/mol. The van der Waals surface area contributed by atoms with Gasteiger partial charge < -0.3 is 14.6 Å². The van der Waals surface area contributed by atoms with E-state index in [2.05, 4.69) is 5.32 Å². The van der Waals surface area contributed by atoms with E-state index in [1.807, 2.05) is 72.8 Å². The van der Waals surface area contributed by atoms with Gasteiger partial charge in [-0.05, 0) is 41.0 Å². The molecule has 2 amide bonds. The Labute approximate surface area is 209 Å². The third kappa shape index (κ3) is 4.15. The minimum Gasteiger partial charge on any atom is -0.467 e. The number of nitrogens with zero attached hydrogens (tertiary/aromatic N) is 2. The van der Waals surface area contributed by atoms with Gasteiger partial charge in [0.25, 0.3) is 11.8 Å². The smallest absolute Gasteiger partial charge is 0.264 e. The lowest BCUT2D eigenvalue weighted by Crippen LogP contribution is -2.45. The molecule has 2 N–H and O–H groups in total. The number of nitrogens with one attached hydrogen (secondary N) is 2. The van der Waals surface area contributed by atoms with Crippen LogP contribution in [0.5, 0.6) is 0 Å². The third-order valence-electron chi connectivity index (χ3n) is 6.39. The number of rotatable bonds is 7. The molecule has 7 nitrogen and oxygen atoms in total. The number of carbonyl (C=O) groups is 2. The number of furan rings is 1. The fraction of sp³-hybridized carbons (Fsp3) is 0.138. The summed E-state index contributed by atoms with van der Waals surface area (Å²) >= 11 is 0. The fourth-order valence-corrected chi connectivity index (χ4v) is 4.60. The first-order valence-corrected chi connectivity index (χ1v) is 11.7. The molecular formula is C29H26N4O3. The second-order valence-electron chi connectivity index (χ2n) is 8.79. The van der Waals surface area contributed by atoms with Crippen molar-refractivity contribution in [3.63, 3.8) is 0 Å². The molecule has 0 saturated carbocycles. The number of hydrogen-bond acceptors (Lipinski definition) is 4. The van der Waals surface area contributed by atoms with E-state index in [1.165, 1.54) is 4.90 Å². The Bertz CT molecular complexity index is 1350. The van der Waals surface area contributed by atoms with Crippen LogP contribution >= 0.6 is 0 Å². The molecule has 2 heterocycles. The maximum absolute atomic E-state index is 14.0. The highest BCUT2D eigenvalue weighted by Crippen LogP contribution is 2.36. The van der Waals surface area contributed by atoms with Gasteiger partial charge in [0.2, 0.25) is 0 Å². The Balaban J connectivity index is 1.42. The highest BCUT2D eigenvalue weighted by Gasteiger charge is 2.52. The van der Waals surface area contributed by atoms with Gasteiger partial charge in [-0.25, -0.2) is 0 Å². The van der Waals surface area contributed by atoms with E-state index in [0.717, 1.165) is 16.7 Å². The zero-order chi connectivity index (χ0) is 25.1. The lowest BCUT2D eigenvalue weighted by molar-refractivity contribution is -0.130. The second kappa shape index (κ2) is 9.54. The predicted molar refractivity (Wildman–Crippen MR) is 136 cm³/mol. The Morgan fingerprint density at radius 3 is 2.22 bits per heavy atom. The van der Waals surface area contributed by atoms with Crippen LogP contribution in [0.15, 0.2) is 108 Å². The second-order valence-corrected chi connectivity index (χ2v) is 8.79. The quantitative estimate of drug-likeness (QED) is 0.413. The van der Waals surface area contributed by atoms with E-state index in [-0.39, 0.29) is 24.3 Å². The van der Waals surface area contributed by atoms with Gasteiger partial charge >= 0.3 is 0 Å². The van der Waals surface area contributed by atoms with Crippen molar-refractivity contribution < 1.29 is 14.0 Å². The minimum absolute atomic E-state index is 0.0133. The first-order chi connectivity index (χ1) is 17.5. The van der Waals surface area contributed by atoms with Crippen LogP contribution in [0, 0.1) is 5.41 Å². The summed E-state index contributed by atoms with van der Waals surface area (Å²) in [5.74, 6) is 0.315. The molecule has 36 heavy (non-hydrogen) atoms. The molecule has 0 aliphatic carbocycles. The van der Waals surface area contributed by atoms with Crippen molar-refractivity contribution >= 4 is 17.8 Å². The molecule has 1 fully saturated rings. The Morgan fingerprint density at radius 2 is 1.61 bits per heavy atom. The van der Waals surface area contributed by atoms with Crippen LogP contribution in [0.3, 0.4) is 0 Å². The van der Waals surface area contributed by atoms with Crippen LogP contribution in [-0.2, 0) is 23.4 Å². The summed E-state index contributed by atoms with van der Waals surface area (Å²) in [6, 6.07) is 29.7. The summed E-state index contributed by atoms with van der Waals surface area (Å²) in [5.41, 5.74) is 1.58. The van der Waals surface area contributed by atoms with Crippen molar-refractivity contribution in [2.75, 3.05) is 7.05 Å². The van der Waals surface area contributed by atoms with Crippen molar-refractivity contribution in [3.05, 3.63) is 131 Å². The summed E-state index contributed by atoms with van der Waals surface area (Å²) < 4.78 is 5.35. The molecular weight excluding hydrogens is 452 g/mol. The van der Waals surface area contributed by atoms with Crippen LogP contribution in [0.4, 0.5) is 0 Å². The largest absolute Gasteiger partial charge is 0.467 e. The summed E-state index contributed by atoms with van der Waals surface area (Å²) in [6.45, 7) is 0.515. The van der Waals surface area contributed by atoms with Gasteiger partial charge in [0, 0.05) is 12.6 Å². The van der Waals surface area contributed by atoms with Gasteiger partial charge in [-0.3, -0.25) is 19.9 Å². The molecule has 7 heteroatoms. The molecule has 1 saturated heterocycles. The minimum atomic E-state index is -1.20. The van der Waals surface area contributed by atoms with Gasteiger partial charge in [-0.15, -0.1) is 0 Å². The predicted octanol–water partition coefficient (Wildman–Crippen LogP) is 4.36. The molecule has 0 atom stereocenters. The van der Waals surface area contributed by atoms with Crippen molar-refractivity contribution in [1.29, 1.82) is 5.41 Å². The van der Waals surface area contributed by atoms with Crippen molar-refractivity contribution in [2.24, 2.45) is 0 Å². The third-order valence-corrected chi connectivity index (χ3v) is 6.39. The maximum atomic E-state index is 14.0. The van der Waals surface area contributed by atoms with Crippen LogP contribution in [0.25, 0.3) is 0 Å². The first kappa shape index (κ1) is 23.1. The molecule has 1 aliphatic heterocycles. The molecule has 0 spiro atoms. The highest BCUT2D eigenvalue weighted by atomic mass is 16.3. The van der Waals surface area contributed by atoms with E-state index in [4.69, 9.17) is 9.83 Å². The van der Waals surface area contributed by atoms with Crippen LogP contribution < -0.4 is 5.32 Å². The Kier molecular flexibility index (Phi) is 6.12.